The zero-order valence-electron chi connectivity index (χ0n) is 39.2. The molecule has 0 heterocycles. The summed E-state index contributed by atoms with van der Waals surface area (Å²) in [5.41, 5.74) is 0. The molecular weight excluding hydrogens is 815 g/mol. The number of phosphoric acid groups is 1. The topological polar surface area (TPSA) is 210 Å². The van der Waals surface area contributed by atoms with Crippen LogP contribution in [-0.4, -0.2) is 98.3 Å². The molecule has 0 aromatic heterocycles. The van der Waals surface area contributed by atoms with Crippen molar-refractivity contribution in [2.24, 2.45) is 0 Å². The maximum absolute atomic E-state index is 12.8. The second-order valence-electron chi connectivity index (χ2n) is 18.0. The lowest BCUT2D eigenvalue weighted by Gasteiger charge is -2.41. The predicted molar refractivity (Wildman–Crippen MR) is 244 cm³/mol. The molecule has 6 atom stereocenters. The summed E-state index contributed by atoms with van der Waals surface area (Å²) in [6, 6.07) is 0. The van der Waals surface area contributed by atoms with Crippen molar-refractivity contribution in [3.63, 3.8) is 0 Å². The van der Waals surface area contributed by atoms with Gasteiger partial charge in [0.25, 0.3) is 0 Å². The average Bonchev–Trinajstić information content (AvgIpc) is 3.25. The van der Waals surface area contributed by atoms with E-state index in [-0.39, 0.29) is 12.8 Å². The van der Waals surface area contributed by atoms with Crippen LogP contribution in [0.25, 0.3) is 0 Å². The van der Waals surface area contributed by atoms with Crippen molar-refractivity contribution in [2.75, 3.05) is 13.2 Å². The zero-order chi connectivity index (χ0) is 45.7. The third kappa shape index (κ3) is 30.9. The Balaban J connectivity index is 2.39. The number of unbranched alkanes of at least 4 members (excludes halogenated alkanes) is 31. The lowest BCUT2D eigenvalue weighted by Crippen LogP contribution is -2.64. The van der Waals surface area contributed by atoms with Crippen LogP contribution < -0.4 is 0 Å². The van der Waals surface area contributed by atoms with Gasteiger partial charge >= 0.3 is 19.8 Å². The van der Waals surface area contributed by atoms with Gasteiger partial charge in [-0.15, -0.1) is 0 Å². The molecular formula is C48H93O13P. The highest BCUT2D eigenvalue weighted by molar-refractivity contribution is 7.47. The SMILES string of the molecule is CCCCCCCCCCCCCCCCCCCCC(=O)OC(COC(=O)CCCCCCCCCCCCCCCCC)COP(=O)(O)OC1C(O)C(O)C(O)C(O)C1O. The molecule has 0 aliphatic heterocycles. The van der Waals surface area contributed by atoms with Gasteiger partial charge in [0.1, 0.15) is 43.2 Å². The molecule has 0 saturated heterocycles. The summed E-state index contributed by atoms with van der Waals surface area (Å²) in [6.45, 7) is 3.34. The fourth-order valence-electron chi connectivity index (χ4n) is 8.11. The minimum absolute atomic E-state index is 0.105. The van der Waals surface area contributed by atoms with Crippen molar-refractivity contribution in [3.05, 3.63) is 0 Å². The number of hydrogen-bond acceptors (Lipinski definition) is 12. The Bertz CT molecular complexity index is 1100. The Labute approximate surface area is 376 Å². The zero-order valence-corrected chi connectivity index (χ0v) is 40.1. The lowest BCUT2D eigenvalue weighted by molar-refractivity contribution is -0.220. The molecule has 6 N–H and O–H groups in total. The van der Waals surface area contributed by atoms with E-state index in [1.54, 1.807) is 0 Å². The maximum Gasteiger partial charge on any atom is 0.472 e. The molecule has 368 valence electrons. The first kappa shape index (κ1) is 58.9. The average molecular weight is 909 g/mol. The van der Waals surface area contributed by atoms with Crippen LogP contribution in [0.3, 0.4) is 0 Å². The first-order chi connectivity index (χ1) is 29.9. The van der Waals surface area contributed by atoms with Gasteiger partial charge in [0.15, 0.2) is 6.10 Å². The van der Waals surface area contributed by atoms with Crippen LogP contribution in [-0.2, 0) is 32.7 Å². The van der Waals surface area contributed by atoms with Crippen molar-refractivity contribution >= 4 is 19.8 Å². The molecule has 62 heavy (non-hydrogen) atoms. The molecule has 1 aliphatic rings. The fourth-order valence-corrected chi connectivity index (χ4v) is 9.09. The highest BCUT2D eigenvalue weighted by atomic mass is 31.2. The van der Waals surface area contributed by atoms with Gasteiger partial charge in [-0.2, -0.15) is 0 Å². The quantitative estimate of drug-likeness (QED) is 0.0191. The maximum atomic E-state index is 12.8. The first-order valence-electron chi connectivity index (χ1n) is 25.3. The third-order valence-electron chi connectivity index (χ3n) is 12.2. The second-order valence-corrected chi connectivity index (χ2v) is 19.4. The fraction of sp³-hybridized carbons (Fsp3) is 0.958. The van der Waals surface area contributed by atoms with Gasteiger partial charge in [-0.3, -0.25) is 18.6 Å². The van der Waals surface area contributed by atoms with Crippen molar-refractivity contribution in [1.82, 2.24) is 0 Å². The Morgan fingerprint density at radius 3 is 1.06 bits per heavy atom. The summed E-state index contributed by atoms with van der Waals surface area (Å²) < 4.78 is 33.6. The molecule has 1 rings (SSSR count). The number of esters is 2. The summed E-state index contributed by atoms with van der Waals surface area (Å²) >= 11 is 0. The number of carbonyl (C=O) groups excluding carboxylic acids is 2. The number of aliphatic hydroxyl groups excluding tert-OH is 5. The van der Waals surface area contributed by atoms with Crippen LogP contribution in [0, 0.1) is 0 Å². The largest absolute Gasteiger partial charge is 0.472 e. The molecule has 1 aliphatic carbocycles. The predicted octanol–water partition coefficient (Wildman–Crippen LogP) is 10.5. The number of carbonyl (C=O) groups is 2. The Morgan fingerprint density at radius 2 is 0.726 bits per heavy atom. The standard InChI is InChI=1S/C48H93O13P/c1-3-5-7-9-11-13-15-17-19-20-21-23-25-27-29-31-33-35-37-42(50)60-40(39-59-62(56,57)61-48-46(54)44(52)43(51)45(53)47(48)55)38-58-41(49)36-34-32-30-28-26-24-22-18-16-14-12-10-8-6-4-2/h40,43-48,51-55H,3-39H2,1-2H3,(H,56,57). The van der Waals surface area contributed by atoms with Gasteiger partial charge < -0.3 is 39.9 Å². The molecule has 13 nitrogen and oxygen atoms in total. The van der Waals surface area contributed by atoms with Crippen molar-refractivity contribution in [1.29, 1.82) is 0 Å². The minimum Gasteiger partial charge on any atom is -0.462 e. The molecule has 6 unspecified atom stereocenters. The van der Waals surface area contributed by atoms with E-state index in [0.29, 0.717) is 12.8 Å². The van der Waals surface area contributed by atoms with Gasteiger partial charge in [0.05, 0.1) is 6.61 Å². The Hall–Kier alpha value is -1.15. The smallest absolute Gasteiger partial charge is 0.462 e. The molecule has 1 saturated carbocycles. The van der Waals surface area contributed by atoms with Gasteiger partial charge in [0.2, 0.25) is 0 Å². The number of hydrogen-bond donors (Lipinski definition) is 6. The van der Waals surface area contributed by atoms with E-state index in [9.17, 15) is 44.6 Å². The van der Waals surface area contributed by atoms with Gasteiger partial charge in [-0.1, -0.05) is 213 Å². The monoisotopic (exact) mass is 909 g/mol. The number of ether oxygens (including phenoxy) is 2. The molecule has 1 fully saturated rings. The summed E-state index contributed by atoms with van der Waals surface area (Å²) in [5.74, 6) is -1.08. The molecule has 0 spiro atoms. The van der Waals surface area contributed by atoms with E-state index >= 15 is 0 Å². The van der Waals surface area contributed by atoms with Crippen LogP contribution in [0.5, 0.6) is 0 Å². The van der Waals surface area contributed by atoms with E-state index in [1.807, 2.05) is 0 Å². The van der Waals surface area contributed by atoms with Crippen LogP contribution in [0.4, 0.5) is 0 Å². The van der Waals surface area contributed by atoms with Gasteiger partial charge in [-0.25, -0.2) is 4.57 Å². The molecule has 0 radical (unpaired) electrons. The van der Waals surface area contributed by atoms with Crippen molar-refractivity contribution in [3.8, 4) is 0 Å². The summed E-state index contributed by atoms with van der Waals surface area (Å²) in [6.07, 6.45) is 27.2. The van der Waals surface area contributed by atoms with Crippen LogP contribution in [0.15, 0.2) is 0 Å². The number of aliphatic hydroxyl groups is 5. The summed E-state index contributed by atoms with van der Waals surface area (Å²) in [5, 5.41) is 50.2. The molecule has 0 aromatic rings. The third-order valence-corrected chi connectivity index (χ3v) is 13.2. The second kappa shape index (κ2) is 39.1. The summed E-state index contributed by atoms with van der Waals surface area (Å²) in [7, 11) is -5.11. The van der Waals surface area contributed by atoms with Crippen molar-refractivity contribution < 1.29 is 63.1 Å². The Kier molecular flexibility index (Phi) is 37.1. The number of phosphoric ester groups is 1. The van der Waals surface area contributed by atoms with Crippen LogP contribution >= 0.6 is 7.82 Å². The summed E-state index contributed by atoms with van der Waals surface area (Å²) in [4.78, 5) is 35.8. The first-order valence-corrected chi connectivity index (χ1v) is 26.8. The minimum atomic E-state index is -5.11. The van der Waals surface area contributed by atoms with E-state index in [2.05, 4.69) is 13.8 Å². The van der Waals surface area contributed by atoms with E-state index in [0.717, 1.165) is 38.5 Å². The Morgan fingerprint density at radius 1 is 0.435 bits per heavy atom. The molecule has 0 bridgehead atoms. The molecule has 0 aromatic carbocycles. The van der Waals surface area contributed by atoms with E-state index < -0.39 is 75.7 Å². The van der Waals surface area contributed by atoms with Gasteiger partial charge in [0, 0.05) is 12.8 Å². The number of rotatable bonds is 43. The van der Waals surface area contributed by atoms with E-state index in [4.69, 9.17) is 18.5 Å². The van der Waals surface area contributed by atoms with Crippen LogP contribution in [0.1, 0.15) is 239 Å². The molecule has 0 amide bonds. The molecule has 14 heteroatoms. The normalized spacial score (nSPS) is 21.7. The van der Waals surface area contributed by atoms with E-state index in [1.165, 1.54) is 161 Å². The highest BCUT2D eigenvalue weighted by Gasteiger charge is 2.51. The highest BCUT2D eigenvalue weighted by Crippen LogP contribution is 2.47. The van der Waals surface area contributed by atoms with Gasteiger partial charge in [-0.05, 0) is 12.8 Å². The van der Waals surface area contributed by atoms with Crippen LogP contribution in [0.2, 0.25) is 0 Å². The van der Waals surface area contributed by atoms with Crippen molar-refractivity contribution in [2.45, 2.75) is 281 Å². The lowest BCUT2D eigenvalue weighted by atomic mass is 9.85.